The van der Waals surface area contributed by atoms with Crippen LogP contribution in [0.5, 0.6) is 0 Å². The van der Waals surface area contributed by atoms with E-state index in [-0.39, 0.29) is 0 Å². The van der Waals surface area contributed by atoms with E-state index in [1.165, 1.54) is 11.1 Å². The van der Waals surface area contributed by atoms with Crippen molar-refractivity contribution in [1.82, 2.24) is 10.3 Å². The molecule has 0 aliphatic rings. The second kappa shape index (κ2) is 4.09. The summed E-state index contributed by atoms with van der Waals surface area (Å²) in [5, 5.41) is 3.12. The van der Waals surface area contributed by atoms with Crippen molar-refractivity contribution in [3.8, 4) is 0 Å². The summed E-state index contributed by atoms with van der Waals surface area (Å²) in [4.78, 5) is 4.07. The van der Waals surface area contributed by atoms with E-state index in [1.54, 1.807) is 0 Å². The van der Waals surface area contributed by atoms with E-state index in [2.05, 4.69) is 17.2 Å². The molecular weight excluding hydrogens is 136 g/mol. The van der Waals surface area contributed by atoms with E-state index >= 15 is 0 Å². The zero-order valence-corrected chi connectivity index (χ0v) is 7.09. The van der Waals surface area contributed by atoms with Gasteiger partial charge in [-0.1, -0.05) is 0 Å². The van der Waals surface area contributed by atoms with Gasteiger partial charge < -0.3 is 5.32 Å². The number of nitrogens with one attached hydrogen (secondary N) is 1. The minimum absolute atomic E-state index is 1.02. The average molecular weight is 150 g/mol. The van der Waals surface area contributed by atoms with Crippen LogP contribution >= 0.6 is 0 Å². The molecule has 11 heavy (non-hydrogen) atoms. The molecule has 2 nitrogen and oxygen atoms in total. The van der Waals surface area contributed by atoms with E-state index in [9.17, 15) is 0 Å². The van der Waals surface area contributed by atoms with Gasteiger partial charge in [-0.05, 0) is 44.1 Å². The first-order valence-corrected chi connectivity index (χ1v) is 3.88. The van der Waals surface area contributed by atoms with E-state index < -0.39 is 0 Å². The molecule has 1 aromatic rings. The van der Waals surface area contributed by atoms with Crippen molar-refractivity contribution < 1.29 is 0 Å². The van der Waals surface area contributed by atoms with E-state index in [0.29, 0.717) is 0 Å². The third-order valence-electron chi connectivity index (χ3n) is 1.79. The largest absolute Gasteiger partial charge is 0.319 e. The quantitative estimate of drug-likeness (QED) is 0.699. The smallest absolute Gasteiger partial charge is 0.0302 e. The summed E-state index contributed by atoms with van der Waals surface area (Å²) in [7, 11) is 1.96. The Hall–Kier alpha value is -0.890. The first-order chi connectivity index (χ1) is 5.34. The molecule has 0 atom stereocenters. The van der Waals surface area contributed by atoms with Gasteiger partial charge in [0.25, 0.3) is 0 Å². The van der Waals surface area contributed by atoms with Crippen molar-refractivity contribution in [2.45, 2.75) is 13.3 Å². The number of pyridine rings is 1. The van der Waals surface area contributed by atoms with E-state index in [1.807, 2.05) is 25.5 Å². The summed E-state index contributed by atoms with van der Waals surface area (Å²) < 4.78 is 0. The van der Waals surface area contributed by atoms with Gasteiger partial charge in [-0.3, -0.25) is 4.98 Å². The maximum Gasteiger partial charge on any atom is 0.0302 e. The molecule has 2 heteroatoms. The Balaban J connectivity index is 2.62. The van der Waals surface area contributed by atoms with Crippen LogP contribution in [0, 0.1) is 6.92 Å². The highest BCUT2D eigenvalue weighted by atomic mass is 14.8. The van der Waals surface area contributed by atoms with Gasteiger partial charge in [0.2, 0.25) is 0 Å². The minimum Gasteiger partial charge on any atom is -0.319 e. The van der Waals surface area contributed by atoms with Crippen LogP contribution in [-0.4, -0.2) is 18.6 Å². The van der Waals surface area contributed by atoms with Crippen LogP contribution in [0.2, 0.25) is 0 Å². The maximum absolute atomic E-state index is 4.07. The van der Waals surface area contributed by atoms with Crippen molar-refractivity contribution in [1.29, 1.82) is 0 Å². The number of aryl methyl sites for hydroxylation is 1. The third kappa shape index (κ3) is 2.31. The monoisotopic (exact) mass is 150 g/mol. The van der Waals surface area contributed by atoms with Crippen LogP contribution < -0.4 is 5.32 Å². The number of likely N-dealkylation sites (N-methyl/N-ethyl adjacent to an activating group) is 1. The van der Waals surface area contributed by atoms with Gasteiger partial charge in [-0.2, -0.15) is 0 Å². The van der Waals surface area contributed by atoms with Gasteiger partial charge >= 0.3 is 0 Å². The standard InChI is InChI=1S/C9H14N2/c1-8-3-6-11-7-9(8)4-5-10-2/h3,6-7,10H,4-5H2,1-2H3. The molecule has 1 aromatic heterocycles. The molecule has 0 fully saturated rings. The van der Waals surface area contributed by atoms with Crippen LogP contribution in [0.1, 0.15) is 11.1 Å². The molecule has 0 unspecified atom stereocenters. The zero-order chi connectivity index (χ0) is 8.10. The highest BCUT2D eigenvalue weighted by Crippen LogP contribution is 2.04. The summed E-state index contributed by atoms with van der Waals surface area (Å²) in [6, 6.07) is 2.05. The molecule has 1 N–H and O–H groups in total. The average Bonchev–Trinajstić information content (AvgIpc) is 2.03. The Bertz CT molecular complexity index is 221. The predicted octanol–water partition coefficient (Wildman–Crippen LogP) is 1.15. The molecule has 0 saturated heterocycles. The summed E-state index contributed by atoms with van der Waals surface area (Å²) >= 11 is 0. The molecule has 0 spiro atoms. The molecule has 0 aliphatic heterocycles. The molecule has 0 aliphatic carbocycles. The lowest BCUT2D eigenvalue weighted by molar-refractivity contribution is 0.786. The highest BCUT2D eigenvalue weighted by molar-refractivity contribution is 5.21. The lowest BCUT2D eigenvalue weighted by atomic mass is 10.1. The topological polar surface area (TPSA) is 24.9 Å². The number of hydrogen-bond donors (Lipinski definition) is 1. The lowest BCUT2D eigenvalue weighted by Gasteiger charge is -2.02. The van der Waals surface area contributed by atoms with Gasteiger partial charge in [0.1, 0.15) is 0 Å². The number of hydrogen-bond acceptors (Lipinski definition) is 2. The summed E-state index contributed by atoms with van der Waals surface area (Å²) in [5.41, 5.74) is 2.66. The Morgan fingerprint density at radius 2 is 2.36 bits per heavy atom. The van der Waals surface area contributed by atoms with Gasteiger partial charge in [0.05, 0.1) is 0 Å². The van der Waals surface area contributed by atoms with Crippen LogP contribution in [0.4, 0.5) is 0 Å². The first kappa shape index (κ1) is 8.21. The Morgan fingerprint density at radius 1 is 1.55 bits per heavy atom. The summed E-state index contributed by atoms with van der Waals surface area (Å²) in [6.07, 6.45) is 4.83. The summed E-state index contributed by atoms with van der Waals surface area (Å²) in [6.45, 7) is 3.14. The first-order valence-electron chi connectivity index (χ1n) is 3.88. The Morgan fingerprint density at radius 3 is 3.00 bits per heavy atom. The molecule has 1 rings (SSSR count). The van der Waals surface area contributed by atoms with E-state index in [4.69, 9.17) is 0 Å². The van der Waals surface area contributed by atoms with Crippen LogP contribution in [0.25, 0.3) is 0 Å². The molecule has 0 bridgehead atoms. The lowest BCUT2D eigenvalue weighted by Crippen LogP contribution is -2.11. The fourth-order valence-electron chi connectivity index (χ4n) is 1.02. The van der Waals surface area contributed by atoms with Crippen LogP contribution in [-0.2, 0) is 6.42 Å². The van der Waals surface area contributed by atoms with Crippen LogP contribution in [0.3, 0.4) is 0 Å². The Kier molecular flexibility index (Phi) is 3.05. The SMILES string of the molecule is CNCCc1cnccc1C. The number of rotatable bonds is 3. The van der Waals surface area contributed by atoms with Gasteiger partial charge in [-0.15, -0.1) is 0 Å². The molecule has 0 amide bonds. The Labute approximate surface area is 67.7 Å². The highest BCUT2D eigenvalue weighted by Gasteiger charge is 1.94. The molecule has 0 radical (unpaired) electrons. The van der Waals surface area contributed by atoms with Crippen molar-refractivity contribution in [3.05, 3.63) is 29.6 Å². The molecule has 0 aromatic carbocycles. The minimum atomic E-state index is 1.02. The van der Waals surface area contributed by atoms with Gasteiger partial charge in [-0.25, -0.2) is 0 Å². The van der Waals surface area contributed by atoms with E-state index in [0.717, 1.165) is 13.0 Å². The zero-order valence-electron chi connectivity index (χ0n) is 7.09. The summed E-state index contributed by atoms with van der Waals surface area (Å²) in [5.74, 6) is 0. The van der Waals surface area contributed by atoms with Gasteiger partial charge in [0, 0.05) is 12.4 Å². The predicted molar refractivity (Wildman–Crippen MR) is 46.6 cm³/mol. The second-order valence-electron chi connectivity index (χ2n) is 2.66. The normalized spacial score (nSPS) is 10.0. The fourth-order valence-corrected chi connectivity index (χ4v) is 1.02. The van der Waals surface area contributed by atoms with Gasteiger partial charge in [0.15, 0.2) is 0 Å². The number of nitrogens with zero attached hydrogens (tertiary/aromatic N) is 1. The van der Waals surface area contributed by atoms with Crippen molar-refractivity contribution in [2.24, 2.45) is 0 Å². The fraction of sp³-hybridized carbons (Fsp3) is 0.444. The molecule has 1 heterocycles. The number of aromatic nitrogens is 1. The third-order valence-corrected chi connectivity index (χ3v) is 1.79. The van der Waals surface area contributed by atoms with Crippen molar-refractivity contribution in [3.63, 3.8) is 0 Å². The van der Waals surface area contributed by atoms with Crippen molar-refractivity contribution >= 4 is 0 Å². The second-order valence-corrected chi connectivity index (χ2v) is 2.66. The maximum atomic E-state index is 4.07. The molecule has 0 saturated carbocycles. The molecule has 60 valence electrons. The van der Waals surface area contributed by atoms with Crippen molar-refractivity contribution in [2.75, 3.05) is 13.6 Å². The van der Waals surface area contributed by atoms with Crippen LogP contribution in [0.15, 0.2) is 18.5 Å². The molecular formula is C9H14N2.